The Kier molecular flexibility index (Phi) is 6.51. The van der Waals surface area contributed by atoms with Gasteiger partial charge < -0.3 is 14.5 Å². The van der Waals surface area contributed by atoms with Gasteiger partial charge in [0.15, 0.2) is 0 Å². The molecule has 0 saturated carbocycles. The van der Waals surface area contributed by atoms with E-state index in [1.54, 1.807) is 25.1 Å². The Morgan fingerprint density at radius 3 is 2.47 bits per heavy atom. The van der Waals surface area contributed by atoms with Gasteiger partial charge in [-0.15, -0.1) is 0 Å². The second-order valence-electron chi connectivity index (χ2n) is 9.05. The van der Waals surface area contributed by atoms with Crippen molar-refractivity contribution in [2.45, 2.75) is 32.1 Å². The van der Waals surface area contributed by atoms with Crippen molar-refractivity contribution in [3.05, 3.63) is 64.0 Å². The number of carbonyl (C=O) groups excluding carboxylic acids is 1. The number of benzene rings is 2. The van der Waals surface area contributed by atoms with E-state index in [2.05, 4.69) is 5.32 Å². The highest BCUT2D eigenvalue weighted by molar-refractivity contribution is 7.89. The molecule has 1 aliphatic heterocycles. The minimum atomic E-state index is -3.86. The Morgan fingerprint density at radius 2 is 1.79 bits per heavy atom. The lowest BCUT2D eigenvalue weighted by molar-refractivity contribution is 0.102. The molecular weight excluding hydrogens is 456 g/mol. The molecule has 1 aromatic heterocycles. The summed E-state index contributed by atoms with van der Waals surface area (Å²) in [6.07, 6.45) is 0.969. The van der Waals surface area contributed by atoms with Gasteiger partial charge in [-0.2, -0.15) is 4.31 Å². The van der Waals surface area contributed by atoms with Gasteiger partial charge in [-0.25, -0.2) is 13.2 Å². The van der Waals surface area contributed by atoms with Crippen LogP contribution < -0.4 is 15.7 Å². The Bertz CT molecular complexity index is 1400. The van der Waals surface area contributed by atoms with Crippen LogP contribution in [0.1, 0.15) is 36.2 Å². The molecule has 0 spiro atoms. The van der Waals surface area contributed by atoms with Crippen molar-refractivity contribution in [1.82, 2.24) is 4.31 Å². The number of sulfonamides is 1. The largest absolute Gasteiger partial charge is 0.495 e. The Hall–Kier alpha value is -3.17. The Labute approximate surface area is 198 Å². The summed E-state index contributed by atoms with van der Waals surface area (Å²) in [5, 5.41) is 3.51. The molecule has 0 radical (unpaired) electrons. The molecule has 1 aliphatic rings. The molecule has 2 aromatic carbocycles. The zero-order valence-electron chi connectivity index (χ0n) is 19.6. The summed E-state index contributed by atoms with van der Waals surface area (Å²) in [5.41, 5.74) is 1.25. The second kappa shape index (κ2) is 9.23. The average Bonchev–Trinajstić information content (AvgIpc) is 2.77. The van der Waals surface area contributed by atoms with Crippen molar-refractivity contribution in [2.75, 3.05) is 25.5 Å². The minimum Gasteiger partial charge on any atom is -0.495 e. The van der Waals surface area contributed by atoms with Crippen LogP contribution in [0.2, 0.25) is 0 Å². The number of ether oxygens (including phenoxy) is 1. The fourth-order valence-electron chi connectivity index (χ4n) is 4.57. The summed E-state index contributed by atoms with van der Waals surface area (Å²) >= 11 is 0. The molecular formula is C25H28N2O6S. The SMILES string of the molecule is COc1ccc(C(=O)Nc2ccc3c(C)cc(=O)oc3c2)cc1S(=O)(=O)N1C[C@@H](C)C[C@H](C)C1. The third-order valence-corrected chi connectivity index (χ3v) is 7.94. The second-order valence-corrected chi connectivity index (χ2v) is 11.0. The number of nitrogens with one attached hydrogen (secondary N) is 1. The van der Waals surface area contributed by atoms with E-state index in [1.165, 1.54) is 35.7 Å². The molecule has 0 unspecified atom stereocenters. The van der Waals surface area contributed by atoms with Crippen LogP contribution in [0.25, 0.3) is 11.0 Å². The Balaban J connectivity index is 1.65. The van der Waals surface area contributed by atoms with Crippen LogP contribution >= 0.6 is 0 Å². The summed E-state index contributed by atoms with van der Waals surface area (Å²) in [7, 11) is -2.46. The van der Waals surface area contributed by atoms with E-state index in [0.717, 1.165) is 17.4 Å². The molecule has 3 aromatic rings. The van der Waals surface area contributed by atoms with Gasteiger partial charge >= 0.3 is 5.63 Å². The van der Waals surface area contributed by atoms with Crippen LogP contribution in [-0.2, 0) is 10.0 Å². The topological polar surface area (TPSA) is 106 Å². The standard InChI is InChI=1S/C25H28N2O6S/c1-15-9-16(2)14-27(13-15)34(30,31)23-11-18(5-8-21(23)32-4)25(29)26-19-6-7-20-17(3)10-24(28)33-22(20)12-19/h5-8,10-12,15-16H,9,13-14H2,1-4H3,(H,26,29)/t15-,16-/m0/s1. The highest BCUT2D eigenvalue weighted by atomic mass is 32.2. The summed E-state index contributed by atoms with van der Waals surface area (Å²) < 4.78 is 39.0. The predicted molar refractivity (Wildman–Crippen MR) is 130 cm³/mol. The van der Waals surface area contributed by atoms with E-state index in [9.17, 15) is 18.0 Å². The van der Waals surface area contributed by atoms with Crippen molar-refractivity contribution >= 4 is 32.6 Å². The molecule has 1 N–H and O–H groups in total. The van der Waals surface area contributed by atoms with Crippen LogP contribution in [0.3, 0.4) is 0 Å². The fourth-order valence-corrected chi connectivity index (χ4v) is 6.43. The molecule has 2 heterocycles. The van der Waals surface area contributed by atoms with Gasteiger partial charge in [0.2, 0.25) is 10.0 Å². The summed E-state index contributed by atoms with van der Waals surface area (Å²) in [6.45, 7) is 6.72. The van der Waals surface area contributed by atoms with Gasteiger partial charge in [-0.05, 0) is 61.1 Å². The van der Waals surface area contributed by atoms with Crippen LogP contribution in [-0.4, -0.2) is 38.8 Å². The highest BCUT2D eigenvalue weighted by Gasteiger charge is 2.34. The van der Waals surface area contributed by atoms with E-state index in [0.29, 0.717) is 24.4 Å². The number of rotatable bonds is 5. The lowest BCUT2D eigenvalue weighted by Gasteiger charge is -2.34. The molecule has 180 valence electrons. The molecule has 2 atom stereocenters. The van der Waals surface area contributed by atoms with Crippen molar-refractivity contribution in [3.63, 3.8) is 0 Å². The molecule has 0 bridgehead atoms. The first-order valence-corrected chi connectivity index (χ1v) is 12.6. The molecule has 9 heteroatoms. The molecule has 1 saturated heterocycles. The van der Waals surface area contributed by atoms with Crippen molar-refractivity contribution in [1.29, 1.82) is 0 Å². The number of nitrogens with zero attached hydrogens (tertiary/aromatic N) is 1. The maximum atomic E-state index is 13.5. The summed E-state index contributed by atoms with van der Waals surface area (Å²) in [6, 6.07) is 10.8. The molecule has 34 heavy (non-hydrogen) atoms. The smallest absolute Gasteiger partial charge is 0.336 e. The highest BCUT2D eigenvalue weighted by Crippen LogP contribution is 2.32. The van der Waals surface area contributed by atoms with Crippen LogP contribution in [0, 0.1) is 18.8 Å². The lowest BCUT2D eigenvalue weighted by Crippen LogP contribution is -2.42. The zero-order chi connectivity index (χ0) is 24.6. The third-order valence-electron chi connectivity index (χ3n) is 6.09. The number of hydrogen-bond donors (Lipinski definition) is 1. The van der Waals surface area contributed by atoms with E-state index in [1.807, 2.05) is 13.8 Å². The van der Waals surface area contributed by atoms with Crippen LogP contribution in [0.15, 0.2) is 56.6 Å². The number of anilines is 1. The normalized spacial score (nSPS) is 19.2. The number of carbonyl (C=O) groups is 1. The molecule has 8 nitrogen and oxygen atoms in total. The van der Waals surface area contributed by atoms with Gasteiger partial charge in [-0.1, -0.05) is 13.8 Å². The molecule has 0 aliphatic carbocycles. The van der Waals surface area contributed by atoms with E-state index in [4.69, 9.17) is 9.15 Å². The third kappa shape index (κ3) is 4.71. The fraction of sp³-hybridized carbons (Fsp3) is 0.360. The number of methoxy groups -OCH3 is 1. The van der Waals surface area contributed by atoms with Crippen molar-refractivity contribution in [3.8, 4) is 5.75 Å². The van der Waals surface area contributed by atoms with Gasteiger partial charge in [0.25, 0.3) is 5.91 Å². The lowest BCUT2D eigenvalue weighted by atomic mass is 9.94. The van der Waals surface area contributed by atoms with E-state index >= 15 is 0 Å². The monoisotopic (exact) mass is 484 g/mol. The first-order chi connectivity index (χ1) is 16.1. The summed E-state index contributed by atoms with van der Waals surface area (Å²) in [5.74, 6) is 0.180. The van der Waals surface area contributed by atoms with Gasteiger partial charge in [0.1, 0.15) is 16.2 Å². The average molecular weight is 485 g/mol. The Morgan fingerprint density at radius 1 is 1.09 bits per heavy atom. The molecule has 1 fully saturated rings. The first kappa shape index (κ1) is 24.0. The molecule has 1 amide bonds. The maximum absolute atomic E-state index is 13.5. The van der Waals surface area contributed by atoms with Crippen LogP contribution in [0.4, 0.5) is 5.69 Å². The van der Waals surface area contributed by atoms with Crippen molar-refractivity contribution < 1.29 is 22.4 Å². The first-order valence-electron chi connectivity index (χ1n) is 11.1. The van der Waals surface area contributed by atoms with Crippen molar-refractivity contribution in [2.24, 2.45) is 11.8 Å². The quantitative estimate of drug-likeness (QED) is 0.548. The number of fused-ring (bicyclic) bond motifs is 1. The van der Waals surface area contributed by atoms with E-state index < -0.39 is 21.6 Å². The minimum absolute atomic E-state index is 0.0379. The predicted octanol–water partition coefficient (Wildman–Crippen LogP) is 4.03. The summed E-state index contributed by atoms with van der Waals surface area (Å²) in [4.78, 5) is 24.6. The van der Waals surface area contributed by atoms with Gasteiger partial charge in [0.05, 0.1) is 7.11 Å². The van der Waals surface area contributed by atoms with Gasteiger partial charge in [-0.3, -0.25) is 4.79 Å². The van der Waals surface area contributed by atoms with Crippen LogP contribution in [0.5, 0.6) is 5.75 Å². The number of hydrogen-bond acceptors (Lipinski definition) is 6. The number of aryl methyl sites for hydroxylation is 1. The molecule has 4 rings (SSSR count). The number of piperidine rings is 1. The van der Waals surface area contributed by atoms with E-state index in [-0.39, 0.29) is 28.0 Å². The van der Waals surface area contributed by atoms with Gasteiger partial charge in [0, 0.05) is 41.9 Å². The number of amides is 1. The zero-order valence-corrected chi connectivity index (χ0v) is 20.4. The maximum Gasteiger partial charge on any atom is 0.336 e.